The fourth-order valence-electron chi connectivity index (χ4n) is 3.19. The summed E-state index contributed by atoms with van der Waals surface area (Å²) in [7, 11) is 0. The Balaban J connectivity index is 1.82. The van der Waals surface area contributed by atoms with E-state index in [1.54, 1.807) is 20.8 Å². The van der Waals surface area contributed by atoms with Gasteiger partial charge in [-0.3, -0.25) is 9.79 Å². The van der Waals surface area contributed by atoms with Gasteiger partial charge in [-0.15, -0.1) is 10.2 Å². The van der Waals surface area contributed by atoms with Gasteiger partial charge in [0.15, 0.2) is 0 Å². The van der Waals surface area contributed by atoms with E-state index in [9.17, 15) is 23.2 Å². The van der Waals surface area contributed by atoms with Gasteiger partial charge in [0.1, 0.15) is 17.1 Å². The molecule has 0 saturated carbocycles. The highest BCUT2D eigenvalue weighted by Gasteiger charge is 2.32. The number of nitrogens with zero attached hydrogens (tertiary/aromatic N) is 5. The first kappa shape index (κ1) is 27.0. The number of amides is 1. The molecular weight excluding hydrogens is 494 g/mol. The van der Waals surface area contributed by atoms with E-state index in [4.69, 9.17) is 10.2 Å². The second-order valence-electron chi connectivity index (χ2n) is 8.29. The summed E-state index contributed by atoms with van der Waals surface area (Å²) >= 11 is 0. The molecule has 1 aromatic carbocycles. The highest BCUT2D eigenvalue weighted by atomic mass is 19.4. The molecular formula is C24H21F4N7O2. The van der Waals surface area contributed by atoms with E-state index in [-0.39, 0.29) is 34.0 Å². The van der Waals surface area contributed by atoms with Gasteiger partial charge >= 0.3 is 6.18 Å². The normalized spacial score (nSPS) is 12.5. The number of carbonyl (C=O) groups is 1. The van der Waals surface area contributed by atoms with Crippen LogP contribution in [0.1, 0.15) is 48.1 Å². The number of carbonyl (C=O) groups excluding carboxylic acids is 1. The fourth-order valence-corrected chi connectivity index (χ4v) is 3.19. The lowest BCUT2D eigenvalue weighted by molar-refractivity contribution is -0.141. The number of rotatable bonds is 7. The molecule has 1 amide bonds. The molecule has 0 fully saturated rings. The zero-order valence-corrected chi connectivity index (χ0v) is 19.9. The van der Waals surface area contributed by atoms with Gasteiger partial charge in [0, 0.05) is 36.2 Å². The van der Waals surface area contributed by atoms with E-state index in [0.717, 1.165) is 24.4 Å². The van der Waals surface area contributed by atoms with Crippen molar-refractivity contribution in [1.82, 2.24) is 15.2 Å². The highest BCUT2D eigenvalue weighted by molar-refractivity contribution is 6.11. The smallest absolute Gasteiger partial charge is 0.423 e. The molecule has 3 aromatic rings. The molecule has 0 bridgehead atoms. The number of halogens is 4. The Morgan fingerprint density at radius 2 is 2.00 bits per heavy atom. The van der Waals surface area contributed by atoms with Crippen LogP contribution in [0.25, 0.3) is 5.57 Å². The van der Waals surface area contributed by atoms with Crippen LogP contribution in [0.4, 0.5) is 23.2 Å². The predicted octanol–water partition coefficient (Wildman–Crippen LogP) is 4.29. The van der Waals surface area contributed by atoms with Gasteiger partial charge in [0.25, 0.3) is 0 Å². The molecule has 0 aliphatic heterocycles. The second kappa shape index (κ2) is 10.6. The third-order valence-electron chi connectivity index (χ3n) is 4.98. The third kappa shape index (κ3) is 6.54. The van der Waals surface area contributed by atoms with Crippen LogP contribution in [0.2, 0.25) is 0 Å². The maximum atomic E-state index is 15.1. The minimum Gasteiger partial charge on any atom is -0.423 e. The Labute approximate surface area is 208 Å². The highest BCUT2D eigenvalue weighted by Crippen LogP contribution is 2.29. The zero-order valence-electron chi connectivity index (χ0n) is 19.9. The molecule has 3 N–H and O–H groups in total. The number of allylic oxidation sites excluding steroid dienone is 1. The van der Waals surface area contributed by atoms with Crippen molar-refractivity contribution in [2.45, 2.75) is 38.9 Å². The van der Waals surface area contributed by atoms with Crippen molar-refractivity contribution in [1.29, 1.82) is 5.26 Å². The van der Waals surface area contributed by atoms with Crippen LogP contribution in [0.5, 0.6) is 0 Å². The Hall–Kier alpha value is -4.60. The lowest BCUT2D eigenvalue weighted by atomic mass is 9.99. The van der Waals surface area contributed by atoms with Crippen molar-refractivity contribution < 1.29 is 26.8 Å². The summed E-state index contributed by atoms with van der Waals surface area (Å²) in [5, 5.41) is 19.6. The van der Waals surface area contributed by atoms with Crippen molar-refractivity contribution in [3.63, 3.8) is 0 Å². The lowest BCUT2D eigenvalue weighted by Crippen LogP contribution is -2.17. The van der Waals surface area contributed by atoms with Crippen molar-refractivity contribution in [2.24, 2.45) is 10.7 Å². The van der Waals surface area contributed by atoms with E-state index < -0.39 is 35.6 Å². The molecule has 9 nitrogen and oxygen atoms in total. The van der Waals surface area contributed by atoms with Gasteiger partial charge in [0.2, 0.25) is 17.7 Å². The summed E-state index contributed by atoms with van der Waals surface area (Å²) in [6.07, 6.45) is -2.84. The maximum Gasteiger partial charge on any atom is 0.433 e. The number of alkyl halides is 3. The minimum absolute atomic E-state index is 0.0735. The number of nitriles is 1. The zero-order chi connectivity index (χ0) is 27.4. The van der Waals surface area contributed by atoms with Gasteiger partial charge < -0.3 is 15.5 Å². The average Bonchev–Trinajstić information content (AvgIpc) is 3.27. The quantitative estimate of drug-likeness (QED) is 0.353. The molecule has 37 heavy (non-hydrogen) atoms. The molecule has 13 heteroatoms. The van der Waals surface area contributed by atoms with Gasteiger partial charge in [0.05, 0.1) is 23.7 Å². The number of anilines is 1. The summed E-state index contributed by atoms with van der Waals surface area (Å²) < 4.78 is 59.1. The van der Waals surface area contributed by atoms with E-state index in [1.165, 1.54) is 18.3 Å². The second-order valence-corrected chi connectivity index (χ2v) is 8.29. The molecule has 0 unspecified atom stereocenters. The first-order valence-corrected chi connectivity index (χ1v) is 10.7. The average molecular weight is 515 g/mol. The number of nitrogens with two attached hydrogens (primary N) is 1. The first-order chi connectivity index (χ1) is 17.3. The largest absolute Gasteiger partial charge is 0.433 e. The maximum absolute atomic E-state index is 15.1. The monoisotopic (exact) mass is 515 g/mol. The molecule has 3 rings (SSSR count). The molecule has 2 heterocycles. The number of nitrogens with one attached hydrogen (secondary N) is 1. The molecule has 0 aliphatic carbocycles. The summed E-state index contributed by atoms with van der Waals surface area (Å²) in [5.41, 5.74) is 3.09. The van der Waals surface area contributed by atoms with E-state index in [2.05, 4.69) is 25.5 Å². The fraction of sp³-hybridized carbons (Fsp3) is 0.250. The van der Waals surface area contributed by atoms with Crippen LogP contribution in [-0.4, -0.2) is 27.3 Å². The third-order valence-corrected chi connectivity index (χ3v) is 4.98. The van der Waals surface area contributed by atoms with Crippen molar-refractivity contribution in [2.75, 3.05) is 5.32 Å². The predicted molar refractivity (Wildman–Crippen MR) is 125 cm³/mol. The van der Waals surface area contributed by atoms with Crippen LogP contribution in [0, 0.1) is 24.1 Å². The number of aromatic nitrogens is 3. The lowest BCUT2D eigenvalue weighted by Gasteiger charge is -2.15. The summed E-state index contributed by atoms with van der Waals surface area (Å²) in [5.74, 6) is -1.09. The van der Waals surface area contributed by atoms with Crippen molar-refractivity contribution in [3.05, 3.63) is 76.6 Å². The number of pyridine rings is 1. The standard InChI is InChI=1S/C24H21F4N7O2/c1-13-34-35-22(37-13)23(2,3)31-12-15(11-30)21-14(10-29)7-17(8-18(21)25)33-20(36)9-16-5-4-6-19(32-16)24(26,27)28/h4-8,11-12H,9,30H2,1-3H3,(H,33,36)/b15-11+,31-12?. The summed E-state index contributed by atoms with van der Waals surface area (Å²) in [6.45, 7) is 4.99. The van der Waals surface area contributed by atoms with Gasteiger partial charge in [-0.2, -0.15) is 18.4 Å². The van der Waals surface area contributed by atoms with Gasteiger partial charge in [-0.05, 0) is 38.1 Å². The van der Waals surface area contributed by atoms with E-state index in [1.807, 2.05) is 6.07 Å². The summed E-state index contributed by atoms with van der Waals surface area (Å²) in [6, 6.07) is 7.18. The number of aliphatic imine (C=N–C) groups is 1. The number of hydrogen-bond donors (Lipinski definition) is 2. The Kier molecular flexibility index (Phi) is 7.71. The SMILES string of the molecule is Cc1nnc(C(C)(C)N=C/C(=C\N)c2c(F)cc(NC(=O)Cc3cccc(C(F)(F)F)n3)cc2C#N)o1. The van der Waals surface area contributed by atoms with Crippen molar-refractivity contribution >= 4 is 23.4 Å². The Morgan fingerprint density at radius 1 is 1.27 bits per heavy atom. The number of aryl methyl sites for hydroxylation is 1. The van der Waals surface area contributed by atoms with E-state index >= 15 is 4.39 Å². The first-order valence-electron chi connectivity index (χ1n) is 10.7. The van der Waals surface area contributed by atoms with E-state index in [0.29, 0.717) is 5.89 Å². The molecule has 0 radical (unpaired) electrons. The van der Waals surface area contributed by atoms with Gasteiger partial charge in [-0.25, -0.2) is 9.37 Å². The molecule has 0 saturated heterocycles. The molecule has 0 spiro atoms. The Bertz CT molecular complexity index is 1420. The van der Waals surface area contributed by atoms with Crippen LogP contribution in [0.3, 0.4) is 0 Å². The number of benzene rings is 1. The van der Waals surface area contributed by atoms with Crippen molar-refractivity contribution in [3.8, 4) is 6.07 Å². The molecule has 0 atom stereocenters. The van der Waals surface area contributed by atoms with Gasteiger partial charge in [-0.1, -0.05) is 6.07 Å². The Morgan fingerprint density at radius 3 is 2.59 bits per heavy atom. The van der Waals surface area contributed by atoms with Crippen LogP contribution in [-0.2, 0) is 22.9 Å². The number of hydrogen-bond acceptors (Lipinski definition) is 8. The molecule has 192 valence electrons. The topological polar surface area (TPSA) is 143 Å². The molecule has 2 aromatic heterocycles. The molecule has 0 aliphatic rings. The minimum atomic E-state index is -4.66. The van der Waals surface area contributed by atoms with Crippen LogP contribution < -0.4 is 11.1 Å². The summed E-state index contributed by atoms with van der Waals surface area (Å²) in [4.78, 5) is 20.1. The van der Waals surface area contributed by atoms with Crippen LogP contribution >= 0.6 is 0 Å². The van der Waals surface area contributed by atoms with Crippen LogP contribution in [0.15, 0.2) is 45.9 Å².